The highest BCUT2D eigenvalue weighted by molar-refractivity contribution is 5.94. The van der Waals surface area contributed by atoms with Crippen molar-refractivity contribution in [1.82, 2.24) is 30.0 Å². The molecule has 0 bridgehead atoms. The van der Waals surface area contributed by atoms with Crippen molar-refractivity contribution in [1.29, 1.82) is 0 Å². The van der Waals surface area contributed by atoms with Crippen LogP contribution in [0.3, 0.4) is 0 Å². The number of fused-ring (bicyclic) bond motifs is 3. The summed E-state index contributed by atoms with van der Waals surface area (Å²) in [6.07, 6.45) is 3.38. The fourth-order valence-corrected chi connectivity index (χ4v) is 5.82. The average Bonchev–Trinajstić information content (AvgIpc) is 3.54. The van der Waals surface area contributed by atoms with Crippen molar-refractivity contribution in [3.05, 3.63) is 46.4 Å². The minimum absolute atomic E-state index is 0.122. The zero-order valence-electron chi connectivity index (χ0n) is 19.2. The molecule has 4 aliphatic heterocycles. The Labute approximate surface area is 197 Å². The number of rotatable bonds is 4. The normalized spacial score (nSPS) is 22.8. The molecule has 2 saturated heterocycles. The van der Waals surface area contributed by atoms with Gasteiger partial charge in [0.05, 0.1) is 28.5 Å². The van der Waals surface area contributed by atoms with Gasteiger partial charge < -0.3 is 19.6 Å². The fraction of sp³-hybridized carbons (Fsp3) is 0.542. The first-order chi connectivity index (χ1) is 16.4. The van der Waals surface area contributed by atoms with Crippen LogP contribution in [-0.2, 0) is 27.2 Å². The predicted molar refractivity (Wildman–Crippen MR) is 120 cm³/mol. The summed E-state index contributed by atoms with van der Waals surface area (Å²) in [5.74, 6) is 0.659. The number of likely N-dealkylation sites (tertiary alicyclic amines) is 2. The molecule has 5 heterocycles. The van der Waals surface area contributed by atoms with Crippen molar-refractivity contribution in [2.75, 3.05) is 32.8 Å². The molecule has 1 atom stereocenters. The minimum Gasteiger partial charge on any atom is -0.456 e. The number of hydrogen-bond donors (Lipinski definition) is 1. The number of aliphatic hydroxyl groups excluding tert-OH is 1. The number of amides is 1. The number of esters is 1. The highest BCUT2D eigenvalue weighted by Crippen LogP contribution is 2.44. The lowest BCUT2D eigenvalue weighted by molar-refractivity contribution is -0.138. The third-order valence-electron chi connectivity index (χ3n) is 8.03. The molecule has 2 fully saturated rings. The second-order valence-electron chi connectivity index (χ2n) is 9.85. The molecular weight excluding hydrogens is 436 g/mol. The molecule has 1 amide bonds. The molecule has 1 spiro atoms. The Morgan fingerprint density at radius 2 is 1.94 bits per heavy atom. The van der Waals surface area contributed by atoms with E-state index in [1.807, 2.05) is 12.1 Å². The van der Waals surface area contributed by atoms with E-state index in [1.54, 1.807) is 16.5 Å². The Morgan fingerprint density at radius 3 is 2.71 bits per heavy atom. The van der Waals surface area contributed by atoms with Crippen LogP contribution in [0.4, 0.5) is 0 Å². The maximum Gasteiger partial charge on any atom is 0.336 e. The zero-order chi connectivity index (χ0) is 23.4. The second kappa shape index (κ2) is 7.99. The van der Waals surface area contributed by atoms with Gasteiger partial charge in [-0.15, -0.1) is 5.10 Å². The topological polar surface area (TPSA) is 114 Å². The van der Waals surface area contributed by atoms with Crippen molar-refractivity contribution in [3.8, 4) is 5.69 Å². The van der Waals surface area contributed by atoms with Crippen LogP contribution in [0.2, 0.25) is 0 Å². The van der Waals surface area contributed by atoms with Gasteiger partial charge >= 0.3 is 5.97 Å². The van der Waals surface area contributed by atoms with E-state index in [0.29, 0.717) is 18.7 Å². The monoisotopic (exact) mass is 464 g/mol. The first-order valence-corrected chi connectivity index (χ1v) is 11.9. The van der Waals surface area contributed by atoms with E-state index < -0.39 is 6.10 Å². The van der Waals surface area contributed by atoms with Gasteiger partial charge in [-0.25, -0.2) is 4.79 Å². The van der Waals surface area contributed by atoms with Crippen molar-refractivity contribution >= 4 is 11.9 Å². The quantitative estimate of drug-likeness (QED) is 0.665. The summed E-state index contributed by atoms with van der Waals surface area (Å²) in [6.45, 7) is 4.64. The van der Waals surface area contributed by atoms with Crippen molar-refractivity contribution < 1.29 is 19.4 Å². The van der Waals surface area contributed by atoms with Gasteiger partial charge in [0.25, 0.3) is 0 Å². The van der Waals surface area contributed by atoms with Crippen molar-refractivity contribution in [3.63, 3.8) is 0 Å². The van der Waals surface area contributed by atoms with Crippen LogP contribution in [0.1, 0.15) is 49.2 Å². The molecule has 2 aromatic rings. The third-order valence-corrected chi connectivity index (χ3v) is 8.03. The lowest BCUT2D eigenvalue weighted by atomic mass is 9.77. The molecule has 0 saturated carbocycles. The maximum atomic E-state index is 13.3. The van der Waals surface area contributed by atoms with E-state index in [1.165, 1.54) is 0 Å². The molecule has 178 valence electrons. The number of aliphatic hydroxyl groups is 1. The number of nitrogens with zero attached hydrogens (tertiary/aromatic N) is 6. The van der Waals surface area contributed by atoms with Gasteiger partial charge in [0.15, 0.2) is 5.82 Å². The van der Waals surface area contributed by atoms with Crippen LogP contribution in [0, 0.1) is 5.41 Å². The molecule has 4 aliphatic rings. The summed E-state index contributed by atoms with van der Waals surface area (Å²) in [7, 11) is 0. The van der Waals surface area contributed by atoms with Crippen LogP contribution in [-0.4, -0.2) is 79.8 Å². The van der Waals surface area contributed by atoms with E-state index in [2.05, 4.69) is 26.5 Å². The van der Waals surface area contributed by atoms with Crippen LogP contribution in [0.5, 0.6) is 0 Å². The smallest absolute Gasteiger partial charge is 0.336 e. The van der Waals surface area contributed by atoms with Crippen molar-refractivity contribution in [2.24, 2.45) is 5.41 Å². The molecular formula is C24H28N6O4. The summed E-state index contributed by atoms with van der Waals surface area (Å²) >= 11 is 0. The Bertz CT molecular complexity index is 1200. The molecule has 6 rings (SSSR count). The molecule has 0 radical (unpaired) electrons. The van der Waals surface area contributed by atoms with Gasteiger partial charge in [-0.3, -0.25) is 4.79 Å². The first kappa shape index (κ1) is 21.4. The van der Waals surface area contributed by atoms with E-state index in [9.17, 15) is 14.7 Å². The minimum atomic E-state index is -0.597. The van der Waals surface area contributed by atoms with Gasteiger partial charge in [-0.1, -0.05) is 12.1 Å². The molecule has 1 N–H and O–H groups in total. The second-order valence-corrected chi connectivity index (χ2v) is 9.85. The van der Waals surface area contributed by atoms with Crippen LogP contribution < -0.4 is 0 Å². The number of piperidine rings is 1. The number of cyclic esters (lactones) is 1. The number of aromatic nitrogens is 4. The summed E-state index contributed by atoms with van der Waals surface area (Å²) in [5.41, 5.74) is 3.93. The van der Waals surface area contributed by atoms with Crippen molar-refractivity contribution in [2.45, 2.75) is 45.1 Å². The van der Waals surface area contributed by atoms with Gasteiger partial charge in [-0.2, -0.15) is 4.68 Å². The van der Waals surface area contributed by atoms with E-state index in [-0.39, 0.29) is 23.9 Å². The number of tetrazole rings is 1. The largest absolute Gasteiger partial charge is 0.456 e. The Morgan fingerprint density at radius 1 is 1.15 bits per heavy atom. The van der Waals surface area contributed by atoms with Gasteiger partial charge in [0.1, 0.15) is 6.61 Å². The highest BCUT2D eigenvalue weighted by atomic mass is 16.5. The number of β-amino-alcohol motifs (C(OH)–C–C–N with tert-alkyl or cyclic N) is 1. The van der Waals surface area contributed by atoms with E-state index >= 15 is 0 Å². The molecule has 10 heteroatoms. The number of ether oxygens (including phenoxy) is 1. The lowest BCUT2D eigenvalue weighted by Gasteiger charge is -2.38. The summed E-state index contributed by atoms with van der Waals surface area (Å²) in [4.78, 5) is 29.1. The molecule has 0 unspecified atom stereocenters. The average molecular weight is 465 g/mol. The molecule has 0 aliphatic carbocycles. The number of carbonyl (C=O) groups is 2. The summed E-state index contributed by atoms with van der Waals surface area (Å²) in [5, 5.41) is 22.9. The molecule has 1 aromatic heterocycles. The lowest BCUT2D eigenvalue weighted by Crippen LogP contribution is -2.45. The molecule has 34 heavy (non-hydrogen) atoms. The van der Waals surface area contributed by atoms with Crippen LogP contribution in [0.15, 0.2) is 29.5 Å². The molecule has 10 nitrogen and oxygen atoms in total. The Hall–Kier alpha value is -3.11. The van der Waals surface area contributed by atoms with E-state index in [4.69, 9.17) is 4.74 Å². The number of aryl methyl sites for hydroxylation is 2. The SMILES string of the molecule is CC1=C(N2CCC3(CCN(C[C@@H](O)c4ccc5c(c4)CCc4nnnn4-5)CC3)C2=O)COC1=O. The third kappa shape index (κ3) is 3.35. The van der Waals surface area contributed by atoms with Gasteiger partial charge in [0.2, 0.25) is 5.91 Å². The van der Waals surface area contributed by atoms with Crippen LogP contribution in [0.25, 0.3) is 5.69 Å². The van der Waals surface area contributed by atoms with Gasteiger partial charge in [-0.05, 0) is 73.3 Å². The number of hydrogen-bond acceptors (Lipinski definition) is 8. The Balaban J connectivity index is 1.09. The maximum absolute atomic E-state index is 13.3. The van der Waals surface area contributed by atoms with Crippen LogP contribution >= 0.6 is 0 Å². The van der Waals surface area contributed by atoms with E-state index in [0.717, 1.165) is 73.5 Å². The number of carbonyl (C=O) groups excluding carboxylic acids is 2. The van der Waals surface area contributed by atoms with Gasteiger partial charge in [0, 0.05) is 19.5 Å². The summed E-state index contributed by atoms with van der Waals surface area (Å²) in [6, 6.07) is 6.00. The fourth-order valence-electron chi connectivity index (χ4n) is 5.82. The molecule has 1 aromatic carbocycles. The summed E-state index contributed by atoms with van der Waals surface area (Å²) < 4.78 is 6.88. The zero-order valence-corrected chi connectivity index (χ0v) is 19.2. The highest BCUT2D eigenvalue weighted by Gasteiger charge is 2.50. The standard InChI is InChI=1S/C24H28N6O4/c1-15-19(14-34-22(15)32)29-11-8-24(23(29)33)6-9-28(10-7-24)13-20(31)17-2-4-18-16(12-17)3-5-21-25-26-27-30(18)21/h2,4,12,20,31H,3,5-11,13-14H2,1H3/t20-/m1/s1. The Kier molecular flexibility index (Phi) is 5.03. The first-order valence-electron chi connectivity index (χ1n) is 11.9. The predicted octanol–water partition coefficient (Wildman–Crippen LogP) is 0.940. The number of benzene rings is 1.